The summed E-state index contributed by atoms with van der Waals surface area (Å²) in [5, 5.41) is 16.7. The number of fused-ring (bicyclic) bond motifs is 1. The Morgan fingerprint density at radius 1 is 1.53 bits per heavy atom. The number of hydrogen-bond acceptors (Lipinski definition) is 3. The first-order valence-electron chi connectivity index (χ1n) is 4.79. The number of nitrogens with zero attached hydrogens (tertiary/aromatic N) is 3. The second-order valence-corrected chi connectivity index (χ2v) is 3.32. The van der Waals surface area contributed by atoms with Gasteiger partial charge in [-0.25, -0.2) is 9.48 Å². The standard InChI is InChI=1S/C10H11N3O2/c1-2-5-13-9-4-3-7(10(14)15)6-8(9)11-12-13/h3-4,6H,2,5H2,1H3,(H,14,15). The highest BCUT2D eigenvalue weighted by atomic mass is 16.4. The molecule has 0 fully saturated rings. The van der Waals surface area contributed by atoms with Crippen LogP contribution in [0.4, 0.5) is 0 Å². The number of aromatic carboxylic acids is 1. The first-order valence-corrected chi connectivity index (χ1v) is 4.79. The molecule has 78 valence electrons. The van der Waals surface area contributed by atoms with E-state index in [0.29, 0.717) is 5.52 Å². The third kappa shape index (κ3) is 1.68. The minimum Gasteiger partial charge on any atom is -0.478 e. The molecule has 2 aromatic rings. The summed E-state index contributed by atoms with van der Waals surface area (Å²) in [6.45, 7) is 2.85. The molecular weight excluding hydrogens is 194 g/mol. The predicted molar refractivity (Wildman–Crippen MR) is 54.8 cm³/mol. The fourth-order valence-corrected chi connectivity index (χ4v) is 1.48. The zero-order chi connectivity index (χ0) is 10.8. The number of hydrogen-bond donors (Lipinski definition) is 1. The van der Waals surface area contributed by atoms with Crippen molar-refractivity contribution >= 4 is 17.0 Å². The van der Waals surface area contributed by atoms with E-state index in [1.807, 2.05) is 0 Å². The largest absolute Gasteiger partial charge is 0.478 e. The van der Waals surface area contributed by atoms with Crippen molar-refractivity contribution in [1.82, 2.24) is 15.0 Å². The lowest BCUT2D eigenvalue weighted by Crippen LogP contribution is -1.99. The average molecular weight is 205 g/mol. The number of carboxylic acid groups (broad SMARTS) is 1. The molecule has 0 aliphatic heterocycles. The number of benzene rings is 1. The number of rotatable bonds is 3. The van der Waals surface area contributed by atoms with Crippen LogP contribution in [0.2, 0.25) is 0 Å². The second-order valence-electron chi connectivity index (χ2n) is 3.32. The fourth-order valence-electron chi connectivity index (χ4n) is 1.48. The van der Waals surface area contributed by atoms with E-state index in [1.165, 1.54) is 6.07 Å². The van der Waals surface area contributed by atoms with Crippen LogP contribution in [0.15, 0.2) is 18.2 Å². The fraction of sp³-hybridized carbons (Fsp3) is 0.300. The predicted octanol–water partition coefficient (Wildman–Crippen LogP) is 1.54. The topological polar surface area (TPSA) is 68.0 Å². The van der Waals surface area contributed by atoms with Gasteiger partial charge < -0.3 is 5.11 Å². The van der Waals surface area contributed by atoms with E-state index in [9.17, 15) is 4.79 Å². The van der Waals surface area contributed by atoms with Crippen molar-refractivity contribution in [2.24, 2.45) is 0 Å². The summed E-state index contributed by atoms with van der Waals surface area (Å²) in [6, 6.07) is 4.85. The van der Waals surface area contributed by atoms with E-state index < -0.39 is 5.97 Å². The van der Waals surface area contributed by atoms with Crippen molar-refractivity contribution in [3.05, 3.63) is 23.8 Å². The van der Waals surface area contributed by atoms with Crippen LogP contribution in [-0.2, 0) is 6.54 Å². The van der Waals surface area contributed by atoms with Crippen LogP contribution in [0, 0.1) is 0 Å². The van der Waals surface area contributed by atoms with Crippen LogP contribution in [-0.4, -0.2) is 26.1 Å². The van der Waals surface area contributed by atoms with Gasteiger partial charge in [0.25, 0.3) is 0 Å². The maximum Gasteiger partial charge on any atom is 0.335 e. The highest BCUT2D eigenvalue weighted by Crippen LogP contribution is 2.13. The lowest BCUT2D eigenvalue weighted by atomic mass is 10.2. The third-order valence-corrected chi connectivity index (χ3v) is 2.20. The van der Waals surface area contributed by atoms with Gasteiger partial charge >= 0.3 is 5.97 Å². The molecule has 0 bridgehead atoms. The van der Waals surface area contributed by atoms with Crippen LogP contribution in [0.5, 0.6) is 0 Å². The summed E-state index contributed by atoms with van der Waals surface area (Å²) in [6.07, 6.45) is 0.971. The van der Waals surface area contributed by atoms with Crippen LogP contribution in [0.1, 0.15) is 23.7 Å². The van der Waals surface area contributed by atoms with Gasteiger partial charge in [-0.2, -0.15) is 0 Å². The molecule has 0 spiro atoms. The molecule has 5 heteroatoms. The molecular formula is C10H11N3O2. The molecule has 1 aromatic carbocycles. The molecule has 2 rings (SSSR count). The monoisotopic (exact) mass is 205 g/mol. The van der Waals surface area contributed by atoms with Gasteiger partial charge in [-0.3, -0.25) is 0 Å². The number of aryl methyl sites for hydroxylation is 1. The van der Waals surface area contributed by atoms with E-state index in [1.54, 1.807) is 16.8 Å². The van der Waals surface area contributed by atoms with Crippen LogP contribution < -0.4 is 0 Å². The summed E-state index contributed by atoms with van der Waals surface area (Å²) < 4.78 is 1.78. The molecule has 0 saturated carbocycles. The van der Waals surface area contributed by atoms with Crippen molar-refractivity contribution in [1.29, 1.82) is 0 Å². The van der Waals surface area contributed by atoms with Gasteiger partial charge in [0.05, 0.1) is 11.1 Å². The van der Waals surface area contributed by atoms with Crippen molar-refractivity contribution < 1.29 is 9.90 Å². The summed E-state index contributed by atoms with van der Waals surface area (Å²) in [5.41, 5.74) is 1.75. The molecule has 0 amide bonds. The molecule has 1 N–H and O–H groups in total. The minimum absolute atomic E-state index is 0.242. The second kappa shape index (κ2) is 3.68. The molecule has 1 heterocycles. The van der Waals surface area contributed by atoms with Crippen molar-refractivity contribution in [3.63, 3.8) is 0 Å². The van der Waals surface area contributed by atoms with Gasteiger partial charge in [0.2, 0.25) is 0 Å². The van der Waals surface area contributed by atoms with Gasteiger partial charge in [-0.15, -0.1) is 5.10 Å². The van der Waals surface area contributed by atoms with E-state index in [2.05, 4.69) is 17.2 Å². The summed E-state index contributed by atoms with van der Waals surface area (Å²) in [7, 11) is 0. The summed E-state index contributed by atoms with van der Waals surface area (Å²) >= 11 is 0. The van der Waals surface area contributed by atoms with E-state index in [4.69, 9.17) is 5.11 Å². The van der Waals surface area contributed by atoms with Gasteiger partial charge in [-0.05, 0) is 24.6 Å². The lowest BCUT2D eigenvalue weighted by molar-refractivity contribution is 0.0697. The number of carboxylic acids is 1. The first kappa shape index (κ1) is 9.64. The molecule has 1 aromatic heterocycles. The number of aromatic nitrogens is 3. The molecule has 15 heavy (non-hydrogen) atoms. The van der Waals surface area contributed by atoms with E-state index in [-0.39, 0.29) is 5.56 Å². The Morgan fingerprint density at radius 3 is 3.00 bits per heavy atom. The Kier molecular flexibility index (Phi) is 2.37. The van der Waals surface area contributed by atoms with Crippen molar-refractivity contribution in [2.45, 2.75) is 19.9 Å². The maximum absolute atomic E-state index is 10.7. The average Bonchev–Trinajstić information content (AvgIpc) is 2.61. The van der Waals surface area contributed by atoms with Crippen LogP contribution in [0.3, 0.4) is 0 Å². The zero-order valence-electron chi connectivity index (χ0n) is 8.34. The Hall–Kier alpha value is -1.91. The van der Waals surface area contributed by atoms with Crippen LogP contribution >= 0.6 is 0 Å². The molecule has 0 aliphatic rings. The van der Waals surface area contributed by atoms with E-state index in [0.717, 1.165) is 18.5 Å². The minimum atomic E-state index is -0.943. The molecule has 0 unspecified atom stereocenters. The van der Waals surface area contributed by atoms with Crippen molar-refractivity contribution in [2.75, 3.05) is 0 Å². The highest BCUT2D eigenvalue weighted by molar-refractivity contribution is 5.92. The van der Waals surface area contributed by atoms with Gasteiger partial charge in [-0.1, -0.05) is 12.1 Å². The highest BCUT2D eigenvalue weighted by Gasteiger charge is 2.07. The SMILES string of the molecule is CCCn1nnc2cc(C(=O)O)ccc21. The summed E-state index contributed by atoms with van der Waals surface area (Å²) in [4.78, 5) is 10.7. The first-order chi connectivity index (χ1) is 7.22. The molecule has 0 radical (unpaired) electrons. The van der Waals surface area contributed by atoms with Gasteiger partial charge in [0.15, 0.2) is 0 Å². The van der Waals surface area contributed by atoms with Gasteiger partial charge in [0, 0.05) is 6.54 Å². The van der Waals surface area contributed by atoms with Crippen molar-refractivity contribution in [3.8, 4) is 0 Å². The Labute approximate surface area is 86.3 Å². The van der Waals surface area contributed by atoms with E-state index >= 15 is 0 Å². The normalized spacial score (nSPS) is 10.7. The quantitative estimate of drug-likeness (QED) is 0.825. The summed E-state index contributed by atoms with van der Waals surface area (Å²) in [5.74, 6) is -0.943. The van der Waals surface area contributed by atoms with Crippen LogP contribution in [0.25, 0.3) is 11.0 Å². The lowest BCUT2D eigenvalue weighted by Gasteiger charge is -1.98. The molecule has 0 saturated heterocycles. The van der Waals surface area contributed by atoms with Gasteiger partial charge in [0.1, 0.15) is 5.52 Å². The Bertz CT molecular complexity index is 504. The zero-order valence-corrected chi connectivity index (χ0v) is 8.34. The molecule has 0 aliphatic carbocycles. The molecule has 0 atom stereocenters. The molecule has 5 nitrogen and oxygen atoms in total. The number of carbonyl (C=O) groups is 1. The third-order valence-electron chi connectivity index (χ3n) is 2.20. The smallest absolute Gasteiger partial charge is 0.335 e. The Balaban J connectivity index is 2.51. The maximum atomic E-state index is 10.7. The Morgan fingerprint density at radius 2 is 2.33 bits per heavy atom.